The Morgan fingerprint density at radius 1 is 1.13 bits per heavy atom. The summed E-state index contributed by atoms with van der Waals surface area (Å²) in [5.41, 5.74) is -0.226. The monoisotopic (exact) mass is 765 g/mol. The number of aromatic nitrogens is 1. The highest BCUT2D eigenvalue weighted by molar-refractivity contribution is 7.91. The van der Waals surface area contributed by atoms with Gasteiger partial charge in [-0.1, -0.05) is 38.8 Å². The van der Waals surface area contributed by atoms with E-state index < -0.39 is 49.6 Å². The molecule has 2 saturated carbocycles. The Labute approximate surface area is 316 Å². The molecule has 2 aliphatic carbocycles. The molecule has 1 N–H and O–H groups in total. The zero-order chi connectivity index (χ0) is 38.6. The van der Waals surface area contributed by atoms with E-state index >= 15 is 0 Å². The smallest absolute Gasteiger partial charge is 0.306 e. The van der Waals surface area contributed by atoms with Gasteiger partial charge in [0.25, 0.3) is 0 Å². The molecule has 4 heterocycles. The number of amides is 2. The van der Waals surface area contributed by atoms with Crippen molar-refractivity contribution in [1.82, 2.24) is 14.6 Å². The van der Waals surface area contributed by atoms with Crippen LogP contribution >= 0.6 is 0 Å². The van der Waals surface area contributed by atoms with Gasteiger partial charge in [0.15, 0.2) is 5.78 Å². The second-order valence-electron chi connectivity index (χ2n) is 17.2. The number of halogens is 1. The van der Waals surface area contributed by atoms with Crippen molar-refractivity contribution in [1.29, 1.82) is 0 Å². The Bertz CT molecular complexity index is 2010. The minimum Gasteiger partial charge on any atom is -0.483 e. The highest BCUT2D eigenvalue weighted by Gasteiger charge is 2.63. The van der Waals surface area contributed by atoms with Crippen LogP contribution in [0.4, 0.5) is 4.39 Å². The Hall–Kier alpha value is -3.87. The first-order chi connectivity index (χ1) is 25.6. The van der Waals surface area contributed by atoms with Crippen LogP contribution in [-0.4, -0.2) is 71.4 Å². The quantitative estimate of drug-likeness (QED) is 0.263. The molecule has 2 aromatic rings. The number of ketones is 1. The largest absolute Gasteiger partial charge is 0.483 e. The molecule has 1 saturated heterocycles. The topological polar surface area (TPSA) is 149 Å². The van der Waals surface area contributed by atoms with E-state index in [0.717, 1.165) is 30.2 Å². The van der Waals surface area contributed by atoms with Crippen LogP contribution in [0, 0.1) is 35.9 Å². The number of hydrogen-bond acceptors (Lipinski definition) is 9. The van der Waals surface area contributed by atoms with E-state index in [1.54, 1.807) is 24.8 Å². The number of nitrogens with one attached hydrogen (secondary N) is 1. The number of ether oxygens (including phenoxy) is 2. The summed E-state index contributed by atoms with van der Waals surface area (Å²) in [5, 5.41) is 0.780. The SMILES string of the molecule is Cc1nc2cc(F)ccc2c2c1O[C@]1(CC2)C[C@H]2C(=O)C[C@]3(C(=O)NS(=O)(=O)C4(C)CC4)C[C@H]3/C=C\CCCCC[C@H](CC(=O)OCC(C)C)C(=O)N2C1. The van der Waals surface area contributed by atoms with E-state index in [2.05, 4.69) is 9.71 Å². The average molecular weight is 766 g/mol. The molecular formula is C41H52FN3O8S. The maximum Gasteiger partial charge on any atom is 0.306 e. The fourth-order valence-electron chi connectivity index (χ4n) is 8.66. The molecule has 5 aliphatic rings. The van der Waals surface area contributed by atoms with Crippen molar-refractivity contribution in [3.8, 4) is 5.75 Å². The van der Waals surface area contributed by atoms with E-state index in [0.29, 0.717) is 61.9 Å². The predicted molar refractivity (Wildman–Crippen MR) is 199 cm³/mol. The molecule has 0 bridgehead atoms. The van der Waals surface area contributed by atoms with Gasteiger partial charge in [0.2, 0.25) is 21.8 Å². The molecule has 3 fully saturated rings. The van der Waals surface area contributed by atoms with Crippen LogP contribution in [0.3, 0.4) is 0 Å². The fourth-order valence-corrected chi connectivity index (χ4v) is 9.99. The van der Waals surface area contributed by atoms with Crippen LogP contribution in [-0.2, 0) is 40.4 Å². The summed E-state index contributed by atoms with van der Waals surface area (Å²) >= 11 is 0. The molecule has 3 aliphatic heterocycles. The van der Waals surface area contributed by atoms with Crippen LogP contribution in [0.1, 0.15) is 109 Å². The van der Waals surface area contributed by atoms with Crippen LogP contribution in [0.2, 0.25) is 0 Å². The molecule has 1 aromatic heterocycles. The molecule has 11 nitrogen and oxygen atoms in total. The Balaban J connectivity index is 1.22. The Morgan fingerprint density at radius 3 is 2.65 bits per heavy atom. The minimum atomic E-state index is -3.95. The zero-order valence-corrected chi connectivity index (χ0v) is 32.6. The lowest BCUT2D eigenvalue weighted by molar-refractivity contribution is -0.151. The van der Waals surface area contributed by atoms with Gasteiger partial charge < -0.3 is 14.4 Å². The molecule has 5 atom stereocenters. The second kappa shape index (κ2) is 14.3. The van der Waals surface area contributed by atoms with Gasteiger partial charge in [-0.05, 0) is 89.2 Å². The Kier molecular flexibility index (Phi) is 10.2. The summed E-state index contributed by atoms with van der Waals surface area (Å²) in [6.45, 7) is 7.62. The second-order valence-corrected chi connectivity index (χ2v) is 19.4. The maximum atomic E-state index is 14.7. The fraction of sp³-hybridized carbons (Fsp3) is 0.634. The van der Waals surface area contributed by atoms with Crippen LogP contribution < -0.4 is 9.46 Å². The number of hydrogen-bond donors (Lipinski definition) is 1. The van der Waals surface area contributed by atoms with Gasteiger partial charge in [0, 0.05) is 35.8 Å². The first-order valence-corrected chi connectivity index (χ1v) is 21.0. The van der Waals surface area contributed by atoms with Gasteiger partial charge in [-0.15, -0.1) is 0 Å². The number of sulfonamides is 1. The molecule has 292 valence electrons. The lowest BCUT2D eigenvalue weighted by Crippen LogP contribution is -2.48. The number of nitrogens with zero attached hydrogens (tertiary/aromatic N) is 2. The van der Waals surface area contributed by atoms with Crippen LogP contribution in [0.15, 0.2) is 30.4 Å². The van der Waals surface area contributed by atoms with Gasteiger partial charge in [-0.25, -0.2) is 17.8 Å². The molecule has 13 heteroatoms. The lowest BCUT2D eigenvalue weighted by Gasteiger charge is -2.36. The number of aryl methyl sites for hydroxylation is 2. The first kappa shape index (κ1) is 38.4. The van der Waals surface area contributed by atoms with E-state index in [9.17, 15) is 32.0 Å². The number of pyridine rings is 1. The number of carbonyl (C=O) groups excluding carboxylic acids is 4. The summed E-state index contributed by atoms with van der Waals surface area (Å²) < 4.78 is 54.2. The van der Waals surface area contributed by atoms with Crippen molar-refractivity contribution in [2.24, 2.45) is 23.2 Å². The van der Waals surface area contributed by atoms with Gasteiger partial charge in [0.05, 0.1) is 47.0 Å². The summed E-state index contributed by atoms with van der Waals surface area (Å²) in [7, 11) is -3.95. The Morgan fingerprint density at radius 2 is 1.91 bits per heavy atom. The van der Waals surface area contributed by atoms with Gasteiger partial charge in [-0.2, -0.15) is 0 Å². The lowest BCUT2D eigenvalue weighted by atomic mass is 9.85. The summed E-state index contributed by atoms with van der Waals surface area (Å²) in [5.74, 6) is -2.54. The molecule has 7 rings (SSSR count). The van der Waals surface area contributed by atoms with Crippen molar-refractivity contribution in [2.45, 2.75) is 128 Å². The number of Topliss-reactive ketones (excluding diaryl/α,β-unsaturated/α-hetero) is 1. The van der Waals surface area contributed by atoms with Gasteiger partial charge in [-0.3, -0.25) is 23.9 Å². The molecule has 2 amide bonds. The highest BCUT2D eigenvalue weighted by Crippen LogP contribution is 2.58. The third-order valence-electron chi connectivity index (χ3n) is 12.4. The van der Waals surface area contributed by atoms with Crippen molar-refractivity contribution in [2.75, 3.05) is 13.2 Å². The molecule has 54 heavy (non-hydrogen) atoms. The minimum absolute atomic E-state index is 0.0926. The first-order valence-electron chi connectivity index (χ1n) is 19.6. The molecule has 0 radical (unpaired) electrons. The predicted octanol–water partition coefficient (Wildman–Crippen LogP) is 6.04. The third-order valence-corrected chi connectivity index (χ3v) is 14.6. The number of rotatable bonds is 7. The van der Waals surface area contributed by atoms with Gasteiger partial charge >= 0.3 is 5.97 Å². The number of esters is 1. The van der Waals surface area contributed by atoms with Gasteiger partial charge in [0.1, 0.15) is 17.2 Å². The van der Waals surface area contributed by atoms with Crippen molar-refractivity contribution >= 4 is 44.5 Å². The van der Waals surface area contributed by atoms with Crippen LogP contribution in [0.25, 0.3) is 10.9 Å². The molecule has 0 unspecified atom stereocenters. The number of fused-ring (bicyclic) bond motifs is 5. The molecular weight excluding hydrogens is 714 g/mol. The van der Waals surface area contributed by atoms with E-state index in [1.807, 2.05) is 26.0 Å². The third kappa shape index (κ3) is 7.41. The molecule has 1 aromatic carbocycles. The zero-order valence-electron chi connectivity index (χ0n) is 31.7. The number of allylic oxidation sites excluding steroid dienone is 2. The van der Waals surface area contributed by atoms with E-state index in [-0.39, 0.29) is 61.8 Å². The highest BCUT2D eigenvalue weighted by atomic mass is 32.2. The van der Waals surface area contributed by atoms with Crippen molar-refractivity contribution < 1.29 is 41.5 Å². The number of benzene rings is 1. The number of carbonyl (C=O) groups is 4. The summed E-state index contributed by atoms with van der Waals surface area (Å²) in [6, 6.07) is 3.52. The maximum absolute atomic E-state index is 14.7. The van der Waals surface area contributed by atoms with Crippen molar-refractivity contribution in [3.63, 3.8) is 0 Å². The van der Waals surface area contributed by atoms with Crippen molar-refractivity contribution in [3.05, 3.63) is 47.4 Å². The van der Waals surface area contributed by atoms with Crippen LogP contribution in [0.5, 0.6) is 5.75 Å². The molecule has 1 spiro atoms. The van der Waals surface area contributed by atoms with E-state index in [1.165, 1.54) is 12.1 Å². The average Bonchev–Trinajstić information content (AvgIpc) is 4.01. The normalized spacial score (nSPS) is 30.0. The summed E-state index contributed by atoms with van der Waals surface area (Å²) in [4.78, 5) is 62.7. The summed E-state index contributed by atoms with van der Waals surface area (Å²) in [6.07, 6.45) is 9.57. The van der Waals surface area contributed by atoms with E-state index in [4.69, 9.17) is 9.47 Å². The standard InChI is InChI=1S/C41H52FN3O8S/c1-25(2)23-52-35(47)18-27-10-8-6-5-7-9-11-28-20-41(28,38(49)44-54(50,51)39(4)16-17-39)22-34(46)33-21-40(24-45(33)37(27)48)15-14-31-30-13-12-29(42)19-32(30)43-26(3)36(31)53-40/h9,11-13,19,25,27-28,33H,5-8,10,14-18,20-24H2,1-4H3,(H,44,49)/b11-9-/t27-,28-,33+,40-,41-/m1/s1.